The standard InChI is InChI=1S/C14H17N5OS/c20-13(10-2-1-7-15-8-10)18-11-3-5-12(6-4-11)21-14-16-9-17-19-14/h3-6,9-10,15H,1-2,7-8H2,(H,18,20)(H,16,17,19). The number of hydrogen-bond acceptors (Lipinski definition) is 5. The van der Waals surface area contributed by atoms with Crippen LogP contribution in [-0.2, 0) is 4.79 Å². The second-order valence-electron chi connectivity index (χ2n) is 4.95. The molecule has 1 aliphatic heterocycles. The molecular weight excluding hydrogens is 286 g/mol. The van der Waals surface area contributed by atoms with Gasteiger partial charge < -0.3 is 10.6 Å². The molecule has 1 unspecified atom stereocenters. The van der Waals surface area contributed by atoms with E-state index in [1.165, 1.54) is 18.1 Å². The predicted molar refractivity (Wildman–Crippen MR) is 81.2 cm³/mol. The summed E-state index contributed by atoms with van der Waals surface area (Å²) < 4.78 is 0. The van der Waals surface area contributed by atoms with E-state index < -0.39 is 0 Å². The predicted octanol–water partition coefficient (Wildman–Crippen LogP) is 1.89. The van der Waals surface area contributed by atoms with E-state index >= 15 is 0 Å². The zero-order chi connectivity index (χ0) is 14.5. The normalized spacial score (nSPS) is 18.4. The first-order valence-electron chi connectivity index (χ1n) is 6.96. The van der Waals surface area contributed by atoms with Gasteiger partial charge in [-0.25, -0.2) is 4.98 Å². The Morgan fingerprint density at radius 3 is 2.86 bits per heavy atom. The molecule has 0 bridgehead atoms. The number of amides is 1. The molecule has 0 spiro atoms. The Kier molecular flexibility index (Phi) is 4.52. The molecule has 1 fully saturated rings. The van der Waals surface area contributed by atoms with Gasteiger partial charge in [-0.3, -0.25) is 9.89 Å². The lowest BCUT2D eigenvalue weighted by Crippen LogP contribution is -2.37. The quantitative estimate of drug-likeness (QED) is 0.803. The van der Waals surface area contributed by atoms with Crippen LogP contribution in [0.5, 0.6) is 0 Å². The zero-order valence-electron chi connectivity index (χ0n) is 11.5. The monoisotopic (exact) mass is 303 g/mol. The number of carbonyl (C=O) groups is 1. The maximum absolute atomic E-state index is 12.1. The number of nitrogens with one attached hydrogen (secondary N) is 3. The van der Waals surface area contributed by atoms with Gasteiger partial charge in [0.15, 0.2) is 5.16 Å². The fourth-order valence-corrected chi connectivity index (χ4v) is 2.97. The molecule has 2 aromatic rings. The first-order chi connectivity index (χ1) is 10.3. The van der Waals surface area contributed by atoms with Crippen molar-refractivity contribution in [2.75, 3.05) is 18.4 Å². The van der Waals surface area contributed by atoms with Crippen molar-refractivity contribution < 1.29 is 4.79 Å². The van der Waals surface area contributed by atoms with Gasteiger partial charge in [-0.2, -0.15) is 5.10 Å². The third kappa shape index (κ3) is 3.83. The van der Waals surface area contributed by atoms with Gasteiger partial charge in [0.05, 0.1) is 5.92 Å². The lowest BCUT2D eigenvalue weighted by Gasteiger charge is -2.21. The van der Waals surface area contributed by atoms with Crippen molar-refractivity contribution in [2.45, 2.75) is 22.9 Å². The summed E-state index contributed by atoms with van der Waals surface area (Å²) in [7, 11) is 0. The molecule has 0 radical (unpaired) electrons. The van der Waals surface area contributed by atoms with Crippen LogP contribution in [0.2, 0.25) is 0 Å². The molecule has 110 valence electrons. The van der Waals surface area contributed by atoms with E-state index in [9.17, 15) is 4.79 Å². The van der Waals surface area contributed by atoms with Gasteiger partial charge in [0.2, 0.25) is 5.91 Å². The minimum atomic E-state index is 0.0713. The van der Waals surface area contributed by atoms with E-state index in [-0.39, 0.29) is 11.8 Å². The van der Waals surface area contributed by atoms with Crippen LogP contribution < -0.4 is 10.6 Å². The number of aromatic nitrogens is 3. The van der Waals surface area contributed by atoms with E-state index in [0.29, 0.717) is 0 Å². The smallest absolute Gasteiger partial charge is 0.228 e. The number of nitrogens with zero attached hydrogens (tertiary/aromatic N) is 2. The summed E-state index contributed by atoms with van der Waals surface area (Å²) in [5.41, 5.74) is 0.826. The van der Waals surface area contributed by atoms with Crippen LogP contribution in [0.1, 0.15) is 12.8 Å². The second kappa shape index (κ2) is 6.73. The van der Waals surface area contributed by atoms with Crippen LogP contribution in [0.25, 0.3) is 0 Å². The van der Waals surface area contributed by atoms with Crippen molar-refractivity contribution in [1.29, 1.82) is 0 Å². The molecule has 1 atom stereocenters. The Balaban J connectivity index is 1.57. The Labute approximate surface area is 127 Å². The number of benzene rings is 1. The maximum Gasteiger partial charge on any atom is 0.228 e. The Bertz CT molecular complexity index is 578. The highest BCUT2D eigenvalue weighted by atomic mass is 32.2. The highest BCUT2D eigenvalue weighted by Crippen LogP contribution is 2.25. The van der Waals surface area contributed by atoms with Crippen molar-refractivity contribution in [3.8, 4) is 0 Å². The highest BCUT2D eigenvalue weighted by molar-refractivity contribution is 7.99. The molecule has 3 N–H and O–H groups in total. The molecule has 2 heterocycles. The zero-order valence-corrected chi connectivity index (χ0v) is 12.3. The molecule has 1 aromatic heterocycles. The van der Waals surface area contributed by atoms with Crippen LogP contribution in [0, 0.1) is 5.92 Å². The maximum atomic E-state index is 12.1. The molecule has 1 aromatic carbocycles. The molecule has 0 aliphatic carbocycles. The van der Waals surface area contributed by atoms with Gasteiger partial charge >= 0.3 is 0 Å². The first-order valence-corrected chi connectivity index (χ1v) is 7.78. The summed E-state index contributed by atoms with van der Waals surface area (Å²) in [6.45, 7) is 1.78. The van der Waals surface area contributed by atoms with Crippen LogP contribution >= 0.6 is 11.8 Å². The third-order valence-electron chi connectivity index (χ3n) is 3.40. The van der Waals surface area contributed by atoms with Crippen molar-refractivity contribution >= 4 is 23.4 Å². The Hall–Kier alpha value is -1.86. The van der Waals surface area contributed by atoms with Crippen LogP contribution in [0.3, 0.4) is 0 Å². The number of piperidine rings is 1. The number of H-pyrrole nitrogens is 1. The summed E-state index contributed by atoms with van der Waals surface area (Å²) in [6, 6.07) is 7.74. The average Bonchev–Trinajstić information content (AvgIpc) is 3.03. The topological polar surface area (TPSA) is 82.7 Å². The average molecular weight is 303 g/mol. The highest BCUT2D eigenvalue weighted by Gasteiger charge is 2.20. The van der Waals surface area contributed by atoms with E-state index in [2.05, 4.69) is 25.8 Å². The van der Waals surface area contributed by atoms with E-state index in [4.69, 9.17) is 0 Å². The summed E-state index contributed by atoms with van der Waals surface area (Å²) in [5, 5.41) is 13.6. The van der Waals surface area contributed by atoms with Crippen LogP contribution in [-0.4, -0.2) is 34.2 Å². The number of aromatic amines is 1. The number of rotatable bonds is 4. The molecule has 1 aliphatic rings. The van der Waals surface area contributed by atoms with Crippen molar-refractivity contribution in [3.05, 3.63) is 30.6 Å². The lowest BCUT2D eigenvalue weighted by atomic mass is 9.99. The van der Waals surface area contributed by atoms with E-state index in [0.717, 1.165) is 41.7 Å². The van der Waals surface area contributed by atoms with Gasteiger partial charge in [-0.15, -0.1) is 0 Å². The molecule has 0 saturated carbocycles. The lowest BCUT2D eigenvalue weighted by molar-refractivity contribution is -0.120. The molecule has 6 nitrogen and oxygen atoms in total. The number of hydrogen-bond donors (Lipinski definition) is 3. The molecular formula is C14H17N5OS. The van der Waals surface area contributed by atoms with Gasteiger partial charge in [0, 0.05) is 17.1 Å². The minimum Gasteiger partial charge on any atom is -0.326 e. The van der Waals surface area contributed by atoms with E-state index in [1.807, 2.05) is 24.3 Å². The van der Waals surface area contributed by atoms with Crippen molar-refractivity contribution in [2.24, 2.45) is 5.92 Å². The van der Waals surface area contributed by atoms with Gasteiger partial charge in [-0.1, -0.05) is 11.8 Å². The Morgan fingerprint density at radius 1 is 1.33 bits per heavy atom. The third-order valence-corrected chi connectivity index (χ3v) is 4.29. The Morgan fingerprint density at radius 2 is 2.19 bits per heavy atom. The number of carbonyl (C=O) groups excluding carboxylic acids is 1. The summed E-state index contributed by atoms with van der Waals surface area (Å²) in [4.78, 5) is 17.2. The molecule has 1 amide bonds. The van der Waals surface area contributed by atoms with Crippen molar-refractivity contribution in [3.63, 3.8) is 0 Å². The fraction of sp³-hybridized carbons (Fsp3) is 0.357. The second-order valence-corrected chi connectivity index (χ2v) is 6.01. The largest absolute Gasteiger partial charge is 0.326 e. The first kappa shape index (κ1) is 14.1. The summed E-state index contributed by atoms with van der Waals surface area (Å²) in [5.74, 6) is 0.167. The minimum absolute atomic E-state index is 0.0713. The van der Waals surface area contributed by atoms with E-state index in [1.54, 1.807) is 0 Å². The molecule has 7 heteroatoms. The fourth-order valence-electron chi connectivity index (χ4n) is 2.28. The SMILES string of the molecule is O=C(Nc1ccc(Sc2ncn[nH]2)cc1)C1CCCNC1. The van der Waals surface area contributed by atoms with Crippen LogP contribution in [0.4, 0.5) is 5.69 Å². The van der Waals surface area contributed by atoms with Crippen LogP contribution in [0.15, 0.2) is 40.6 Å². The van der Waals surface area contributed by atoms with Crippen molar-refractivity contribution in [1.82, 2.24) is 20.5 Å². The van der Waals surface area contributed by atoms with Gasteiger partial charge in [0.25, 0.3) is 0 Å². The van der Waals surface area contributed by atoms with Gasteiger partial charge in [0.1, 0.15) is 6.33 Å². The molecule has 3 rings (SSSR count). The summed E-state index contributed by atoms with van der Waals surface area (Å²) in [6.07, 6.45) is 3.50. The molecule has 21 heavy (non-hydrogen) atoms. The summed E-state index contributed by atoms with van der Waals surface area (Å²) >= 11 is 1.50. The number of anilines is 1. The van der Waals surface area contributed by atoms with Gasteiger partial charge in [-0.05, 0) is 43.7 Å². The molecule has 1 saturated heterocycles.